The molecule has 5 heteroatoms. The predicted molar refractivity (Wildman–Crippen MR) is 84.5 cm³/mol. The molecule has 0 aliphatic carbocycles. The van der Waals surface area contributed by atoms with Gasteiger partial charge in [-0.05, 0) is 55.0 Å². The summed E-state index contributed by atoms with van der Waals surface area (Å²) in [5.41, 5.74) is 1.57. The molecule has 1 fully saturated rings. The lowest BCUT2D eigenvalue weighted by molar-refractivity contribution is 0.0177. The number of benzene rings is 2. The third-order valence-electron chi connectivity index (χ3n) is 3.89. The van der Waals surface area contributed by atoms with E-state index in [9.17, 15) is 9.18 Å². The van der Waals surface area contributed by atoms with Crippen LogP contribution < -0.4 is 9.47 Å². The van der Waals surface area contributed by atoms with Gasteiger partial charge in [-0.25, -0.2) is 4.39 Å². The second-order valence-electron chi connectivity index (χ2n) is 5.59. The molecule has 2 aromatic rings. The molecule has 0 spiro atoms. The van der Waals surface area contributed by atoms with Gasteiger partial charge in [-0.3, -0.25) is 4.79 Å². The average molecular weight is 315 g/mol. The number of hydrogen-bond acceptors (Lipinski definition) is 3. The number of amides is 1. The third-order valence-corrected chi connectivity index (χ3v) is 3.89. The monoisotopic (exact) mass is 315 g/mol. The van der Waals surface area contributed by atoms with Crippen LogP contribution in [0.4, 0.5) is 4.39 Å². The molecule has 1 saturated heterocycles. The van der Waals surface area contributed by atoms with E-state index in [1.54, 1.807) is 36.3 Å². The highest BCUT2D eigenvalue weighted by molar-refractivity contribution is 5.95. The third kappa shape index (κ3) is 3.28. The van der Waals surface area contributed by atoms with Crippen LogP contribution in [0.3, 0.4) is 0 Å². The van der Waals surface area contributed by atoms with Gasteiger partial charge in [0.15, 0.2) is 0 Å². The minimum absolute atomic E-state index is 0.0188. The van der Waals surface area contributed by atoms with Crippen LogP contribution in [-0.2, 0) is 0 Å². The van der Waals surface area contributed by atoms with E-state index in [-0.39, 0.29) is 17.8 Å². The number of rotatable bonds is 4. The van der Waals surface area contributed by atoms with Crippen molar-refractivity contribution in [2.24, 2.45) is 0 Å². The maximum absolute atomic E-state index is 12.8. The van der Waals surface area contributed by atoms with Gasteiger partial charge in [0.25, 0.3) is 5.91 Å². The van der Waals surface area contributed by atoms with E-state index in [0.29, 0.717) is 24.4 Å². The van der Waals surface area contributed by atoms with Crippen molar-refractivity contribution in [2.45, 2.75) is 13.0 Å². The fourth-order valence-corrected chi connectivity index (χ4v) is 2.58. The molecule has 0 atom stereocenters. The number of nitrogens with zero attached hydrogens (tertiary/aromatic N) is 1. The van der Waals surface area contributed by atoms with Crippen LogP contribution in [0, 0.1) is 12.7 Å². The molecule has 0 N–H and O–H groups in total. The SMILES string of the molecule is COc1ccc(C(=O)N2CC(Oc3ccc(F)cc3)C2)cc1C. The summed E-state index contributed by atoms with van der Waals surface area (Å²) < 4.78 is 23.7. The van der Waals surface area contributed by atoms with Crippen molar-refractivity contribution >= 4 is 5.91 Å². The van der Waals surface area contributed by atoms with E-state index in [4.69, 9.17) is 9.47 Å². The highest BCUT2D eigenvalue weighted by Crippen LogP contribution is 2.23. The highest BCUT2D eigenvalue weighted by Gasteiger charge is 2.32. The summed E-state index contributed by atoms with van der Waals surface area (Å²) in [6.07, 6.45) is -0.0521. The maximum Gasteiger partial charge on any atom is 0.254 e. The summed E-state index contributed by atoms with van der Waals surface area (Å²) in [4.78, 5) is 14.1. The molecule has 2 aromatic carbocycles. The van der Waals surface area contributed by atoms with Gasteiger partial charge in [-0.1, -0.05) is 0 Å². The number of methoxy groups -OCH3 is 1. The Balaban J connectivity index is 1.57. The van der Waals surface area contributed by atoms with E-state index < -0.39 is 0 Å². The lowest BCUT2D eigenvalue weighted by atomic mass is 10.1. The molecule has 0 bridgehead atoms. The first-order valence-electron chi connectivity index (χ1n) is 7.43. The minimum atomic E-state index is -0.294. The van der Waals surface area contributed by atoms with Crippen LogP contribution in [0.5, 0.6) is 11.5 Å². The number of carbonyl (C=O) groups is 1. The van der Waals surface area contributed by atoms with Crippen LogP contribution in [0.25, 0.3) is 0 Å². The number of hydrogen-bond donors (Lipinski definition) is 0. The zero-order valence-electron chi connectivity index (χ0n) is 13.1. The van der Waals surface area contributed by atoms with Crippen molar-refractivity contribution in [1.82, 2.24) is 4.90 Å². The largest absolute Gasteiger partial charge is 0.496 e. The normalized spacial score (nSPS) is 14.3. The van der Waals surface area contributed by atoms with Gasteiger partial charge in [-0.2, -0.15) is 0 Å². The van der Waals surface area contributed by atoms with Crippen molar-refractivity contribution in [1.29, 1.82) is 0 Å². The predicted octanol–water partition coefficient (Wildman–Crippen LogP) is 3.05. The Bertz CT molecular complexity index is 709. The Morgan fingerprint density at radius 3 is 2.48 bits per heavy atom. The number of halogens is 1. The lowest BCUT2D eigenvalue weighted by Crippen LogP contribution is -2.56. The van der Waals surface area contributed by atoms with Gasteiger partial charge >= 0.3 is 0 Å². The summed E-state index contributed by atoms with van der Waals surface area (Å²) in [5, 5.41) is 0. The number of likely N-dealkylation sites (tertiary alicyclic amines) is 1. The number of ether oxygens (including phenoxy) is 2. The Morgan fingerprint density at radius 1 is 1.17 bits per heavy atom. The van der Waals surface area contributed by atoms with Gasteiger partial charge in [0.05, 0.1) is 20.2 Å². The first kappa shape index (κ1) is 15.3. The van der Waals surface area contributed by atoms with Gasteiger partial charge in [0.2, 0.25) is 0 Å². The molecule has 0 aromatic heterocycles. The van der Waals surface area contributed by atoms with E-state index >= 15 is 0 Å². The summed E-state index contributed by atoms with van der Waals surface area (Å²) in [6, 6.07) is 11.3. The van der Waals surface area contributed by atoms with Gasteiger partial charge in [0.1, 0.15) is 23.4 Å². The van der Waals surface area contributed by atoms with Crippen LogP contribution in [0.2, 0.25) is 0 Å². The van der Waals surface area contributed by atoms with Crippen LogP contribution in [-0.4, -0.2) is 37.1 Å². The van der Waals surface area contributed by atoms with Crippen LogP contribution in [0.15, 0.2) is 42.5 Å². The first-order valence-corrected chi connectivity index (χ1v) is 7.43. The van der Waals surface area contributed by atoms with E-state index in [2.05, 4.69) is 0 Å². The Kier molecular flexibility index (Phi) is 4.19. The minimum Gasteiger partial charge on any atom is -0.496 e. The quantitative estimate of drug-likeness (QED) is 0.870. The lowest BCUT2D eigenvalue weighted by Gasteiger charge is -2.39. The highest BCUT2D eigenvalue weighted by atomic mass is 19.1. The van der Waals surface area contributed by atoms with E-state index in [1.807, 2.05) is 13.0 Å². The molecule has 23 heavy (non-hydrogen) atoms. The van der Waals surface area contributed by atoms with E-state index in [0.717, 1.165) is 11.3 Å². The smallest absolute Gasteiger partial charge is 0.254 e. The summed E-state index contributed by atoms with van der Waals surface area (Å²) in [6.45, 7) is 2.97. The van der Waals surface area contributed by atoms with Gasteiger partial charge < -0.3 is 14.4 Å². The Labute approximate surface area is 134 Å². The van der Waals surface area contributed by atoms with Crippen molar-refractivity contribution in [3.8, 4) is 11.5 Å². The molecule has 1 heterocycles. The molecular weight excluding hydrogens is 297 g/mol. The van der Waals surface area contributed by atoms with Crippen molar-refractivity contribution in [2.75, 3.05) is 20.2 Å². The average Bonchev–Trinajstić information content (AvgIpc) is 2.51. The number of carbonyl (C=O) groups excluding carboxylic acids is 1. The van der Waals surface area contributed by atoms with Gasteiger partial charge in [0, 0.05) is 5.56 Å². The van der Waals surface area contributed by atoms with Crippen molar-refractivity contribution in [3.63, 3.8) is 0 Å². The standard InChI is InChI=1S/C18H18FNO3/c1-12-9-13(3-8-17(12)22-2)18(21)20-10-16(11-20)23-15-6-4-14(19)5-7-15/h3-9,16H,10-11H2,1-2H3. The van der Waals surface area contributed by atoms with Gasteiger partial charge in [-0.15, -0.1) is 0 Å². The van der Waals surface area contributed by atoms with Crippen molar-refractivity contribution in [3.05, 3.63) is 59.4 Å². The second kappa shape index (κ2) is 6.28. The van der Waals surface area contributed by atoms with Crippen LogP contribution >= 0.6 is 0 Å². The number of aryl methyl sites for hydroxylation is 1. The zero-order chi connectivity index (χ0) is 16.4. The molecular formula is C18H18FNO3. The van der Waals surface area contributed by atoms with Crippen LogP contribution in [0.1, 0.15) is 15.9 Å². The molecule has 0 unspecified atom stereocenters. The first-order chi connectivity index (χ1) is 11.1. The fourth-order valence-electron chi connectivity index (χ4n) is 2.58. The van der Waals surface area contributed by atoms with E-state index in [1.165, 1.54) is 12.1 Å². The molecule has 0 radical (unpaired) electrons. The Hall–Kier alpha value is -2.56. The summed E-state index contributed by atoms with van der Waals surface area (Å²) in [5.74, 6) is 1.07. The molecule has 1 aliphatic rings. The molecule has 4 nitrogen and oxygen atoms in total. The topological polar surface area (TPSA) is 38.8 Å². The zero-order valence-corrected chi connectivity index (χ0v) is 13.1. The molecule has 1 aliphatic heterocycles. The molecule has 0 saturated carbocycles. The fraction of sp³-hybridized carbons (Fsp3) is 0.278. The molecule has 120 valence electrons. The summed E-state index contributed by atoms with van der Waals surface area (Å²) in [7, 11) is 1.61. The summed E-state index contributed by atoms with van der Waals surface area (Å²) >= 11 is 0. The second-order valence-corrected chi connectivity index (χ2v) is 5.59. The Morgan fingerprint density at radius 2 is 1.87 bits per heavy atom. The molecule has 3 rings (SSSR count). The van der Waals surface area contributed by atoms with Crippen molar-refractivity contribution < 1.29 is 18.7 Å². The maximum atomic E-state index is 12.8. The molecule has 1 amide bonds.